The van der Waals surface area contributed by atoms with Gasteiger partial charge in [-0.25, -0.2) is 0 Å². The minimum absolute atomic E-state index is 0.754. The average molecular weight is 539 g/mol. The van der Waals surface area contributed by atoms with Gasteiger partial charge in [0, 0.05) is 12.1 Å². The van der Waals surface area contributed by atoms with Crippen molar-refractivity contribution in [3.05, 3.63) is 162 Å². The summed E-state index contributed by atoms with van der Waals surface area (Å²) in [5, 5.41) is 4.60. The molecule has 0 radical (unpaired) electrons. The summed E-state index contributed by atoms with van der Waals surface area (Å²) in [6, 6.07) is 45.2. The van der Waals surface area contributed by atoms with Gasteiger partial charge in [0.1, 0.15) is 0 Å². The smallest absolute Gasteiger partial charge is 0.0859 e. The normalized spacial score (nSPS) is 12.8. The standard InChI is InChI=1S/C40H30N2/c1-4-34(35-14-8-5-11-27(35)2)29-19-17-28(18-20-29)32-21-22-36-37-24-31-13-7-6-12-30(31)23-33(37)26-42(40(36)25-32)39-16-10-9-15-38(39)41-3/h4-25H,1-3,26H2/b35-34+. The Morgan fingerprint density at radius 2 is 1.36 bits per heavy atom. The van der Waals surface area contributed by atoms with Crippen molar-refractivity contribution in [2.24, 2.45) is 4.99 Å². The lowest BCUT2D eigenvalue weighted by atomic mass is 9.88. The quantitative estimate of drug-likeness (QED) is 0.200. The lowest BCUT2D eigenvalue weighted by Gasteiger charge is -2.34. The van der Waals surface area contributed by atoms with Gasteiger partial charge in [-0.1, -0.05) is 116 Å². The molecule has 42 heavy (non-hydrogen) atoms. The fourth-order valence-electron chi connectivity index (χ4n) is 6.14. The third kappa shape index (κ3) is 4.34. The molecule has 6 aromatic rings. The van der Waals surface area contributed by atoms with Crippen molar-refractivity contribution >= 4 is 46.7 Å². The highest BCUT2D eigenvalue weighted by atomic mass is 15.2. The van der Waals surface area contributed by atoms with E-state index in [1.807, 2.05) is 36.4 Å². The number of hydrogen-bond donors (Lipinski definition) is 0. The van der Waals surface area contributed by atoms with Crippen LogP contribution in [-0.2, 0) is 6.54 Å². The molecule has 0 saturated carbocycles. The van der Waals surface area contributed by atoms with Gasteiger partial charge in [-0.15, -0.1) is 0 Å². The molecule has 6 aromatic carbocycles. The van der Waals surface area contributed by atoms with E-state index < -0.39 is 0 Å². The van der Waals surface area contributed by atoms with Crippen LogP contribution in [-0.4, -0.2) is 6.72 Å². The molecule has 2 heteroatoms. The van der Waals surface area contributed by atoms with E-state index in [-0.39, 0.29) is 0 Å². The van der Waals surface area contributed by atoms with Crippen LogP contribution in [0, 0.1) is 0 Å². The topological polar surface area (TPSA) is 15.6 Å². The van der Waals surface area contributed by atoms with Gasteiger partial charge in [-0.2, -0.15) is 0 Å². The Balaban J connectivity index is 1.37. The van der Waals surface area contributed by atoms with Crippen LogP contribution in [0.5, 0.6) is 0 Å². The minimum Gasteiger partial charge on any atom is -0.335 e. The summed E-state index contributed by atoms with van der Waals surface area (Å²) >= 11 is 0. The molecule has 0 unspecified atom stereocenters. The molecule has 0 saturated heterocycles. The molecule has 200 valence electrons. The second-order valence-electron chi connectivity index (χ2n) is 10.7. The van der Waals surface area contributed by atoms with Crippen LogP contribution in [0.2, 0.25) is 0 Å². The lowest BCUT2D eigenvalue weighted by molar-refractivity contribution is 0.963. The predicted molar refractivity (Wildman–Crippen MR) is 180 cm³/mol. The highest BCUT2D eigenvalue weighted by Gasteiger charge is 2.25. The number of rotatable bonds is 5. The zero-order valence-corrected chi connectivity index (χ0v) is 23.4. The molecule has 7 rings (SSSR count). The van der Waals surface area contributed by atoms with E-state index in [1.54, 1.807) is 0 Å². The number of anilines is 2. The first-order valence-corrected chi connectivity index (χ1v) is 14.2. The Bertz CT molecular complexity index is 2120. The number of fused-ring (bicyclic) bond motifs is 4. The summed E-state index contributed by atoms with van der Waals surface area (Å²) in [6.07, 6.45) is 1.92. The van der Waals surface area contributed by atoms with Crippen LogP contribution in [0.15, 0.2) is 145 Å². The van der Waals surface area contributed by atoms with E-state index in [1.165, 1.54) is 33.2 Å². The minimum atomic E-state index is 0.754. The van der Waals surface area contributed by atoms with Crippen molar-refractivity contribution in [2.75, 3.05) is 4.90 Å². The summed E-state index contributed by atoms with van der Waals surface area (Å²) in [5.41, 5.74) is 11.4. The van der Waals surface area contributed by atoms with E-state index in [0.717, 1.165) is 50.6 Å². The Labute approximate surface area is 246 Å². The van der Waals surface area contributed by atoms with Crippen molar-refractivity contribution in [1.29, 1.82) is 0 Å². The molecule has 0 aromatic heterocycles. The number of nitrogens with zero attached hydrogens (tertiary/aromatic N) is 2. The monoisotopic (exact) mass is 538 g/mol. The van der Waals surface area contributed by atoms with Crippen LogP contribution in [0.1, 0.15) is 11.1 Å². The van der Waals surface area contributed by atoms with Crippen molar-refractivity contribution in [1.82, 2.24) is 0 Å². The van der Waals surface area contributed by atoms with Gasteiger partial charge in [0.15, 0.2) is 0 Å². The Morgan fingerprint density at radius 1 is 0.667 bits per heavy atom. The summed E-state index contributed by atoms with van der Waals surface area (Å²) in [5.74, 6) is 0. The van der Waals surface area contributed by atoms with Gasteiger partial charge < -0.3 is 4.90 Å². The second kappa shape index (κ2) is 10.5. The number of aliphatic imine (C=N–C) groups is 1. The molecule has 0 atom stereocenters. The van der Waals surface area contributed by atoms with Gasteiger partial charge in [0.25, 0.3) is 0 Å². The van der Waals surface area contributed by atoms with Gasteiger partial charge in [0.2, 0.25) is 0 Å². The van der Waals surface area contributed by atoms with Crippen LogP contribution in [0.25, 0.3) is 45.2 Å². The lowest BCUT2D eigenvalue weighted by Crippen LogP contribution is -2.24. The van der Waals surface area contributed by atoms with Gasteiger partial charge in [-0.05, 0) is 91.6 Å². The zero-order valence-electron chi connectivity index (χ0n) is 23.4. The SMILES string of the molecule is C=C/C(c1ccc(-c2ccc3c(c2)N(c2ccccc2N=C)Cc2cc4ccccc4cc2-3)cc1)=c1/ccccc1=C. The molecule has 1 aliphatic heterocycles. The van der Waals surface area contributed by atoms with Crippen molar-refractivity contribution in [3.63, 3.8) is 0 Å². The van der Waals surface area contributed by atoms with E-state index in [9.17, 15) is 0 Å². The Kier molecular flexibility index (Phi) is 6.37. The molecule has 0 amide bonds. The van der Waals surface area contributed by atoms with Gasteiger partial charge >= 0.3 is 0 Å². The summed E-state index contributed by atoms with van der Waals surface area (Å²) in [6.45, 7) is 12.9. The Morgan fingerprint density at radius 3 is 2.12 bits per heavy atom. The highest BCUT2D eigenvalue weighted by molar-refractivity contribution is 5.97. The molecule has 1 heterocycles. The zero-order chi connectivity index (χ0) is 28.6. The highest BCUT2D eigenvalue weighted by Crippen LogP contribution is 2.47. The van der Waals surface area contributed by atoms with E-state index in [0.29, 0.717) is 0 Å². The van der Waals surface area contributed by atoms with Crippen LogP contribution in [0.4, 0.5) is 17.1 Å². The molecule has 0 N–H and O–H groups in total. The molecular weight excluding hydrogens is 508 g/mol. The van der Waals surface area contributed by atoms with Crippen molar-refractivity contribution in [2.45, 2.75) is 6.54 Å². The first-order chi connectivity index (χ1) is 20.6. The molecule has 0 aliphatic carbocycles. The van der Waals surface area contributed by atoms with Crippen LogP contribution >= 0.6 is 0 Å². The number of para-hydroxylation sites is 2. The Hall–Kier alpha value is -5.47. The van der Waals surface area contributed by atoms with E-state index in [2.05, 4.69) is 127 Å². The maximum absolute atomic E-state index is 4.36. The van der Waals surface area contributed by atoms with Gasteiger partial charge in [-0.3, -0.25) is 4.99 Å². The summed E-state index contributed by atoms with van der Waals surface area (Å²) in [7, 11) is 0. The van der Waals surface area contributed by atoms with Crippen molar-refractivity contribution in [3.8, 4) is 22.3 Å². The maximum Gasteiger partial charge on any atom is 0.0859 e. The largest absolute Gasteiger partial charge is 0.335 e. The fraction of sp³-hybridized carbons (Fsp3) is 0.0250. The maximum atomic E-state index is 4.36. The first-order valence-electron chi connectivity index (χ1n) is 14.2. The summed E-state index contributed by atoms with van der Waals surface area (Å²) in [4.78, 5) is 6.74. The van der Waals surface area contributed by atoms with Gasteiger partial charge in [0.05, 0.1) is 17.1 Å². The molecule has 0 spiro atoms. The third-order valence-electron chi connectivity index (χ3n) is 8.26. The van der Waals surface area contributed by atoms with E-state index in [4.69, 9.17) is 0 Å². The van der Waals surface area contributed by atoms with Crippen molar-refractivity contribution < 1.29 is 0 Å². The number of hydrogen-bond acceptors (Lipinski definition) is 2. The third-order valence-corrected chi connectivity index (χ3v) is 8.26. The number of benzene rings is 6. The fourth-order valence-corrected chi connectivity index (χ4v) is 6.14. The molecule has 0 bridgehead atoms. The molecule has 0 fully saturated rings. The average Bonchev–Trinajstić information content (AvgIpc) is 3.04. The summed E-state index contributed by atoms with van der Waals surface area (Å²) < 4.78 is 0. The molecule has 2 nitrogen and oxygen atoms in total. The first kappa shape index (κ1) is 25.5. The molecule has 1 aliphatic rings. The van der Waals surface area contributed by atoms with Crippen LogP contribution < -0.4 is 15.3 Å². The predicted octanol–water partition coefficient (Wildman–Crippen LogP) is 8.95. The van der Waals surface area contributed by atoms with Crippen LogP contribution in [0.3, 0.4) is 0 Å². The second-order valence-corrected chi connectivity index (χ2v) is 10.7. The number of allylic oxidation sites excluding steroid dienone is 1. The van der Waals surface area contributed by atoms with E-state index >= 15 is 0 Å². The molecular formula is C40H30N2.